The van der Waals surface area contributed by atoms with E-state index in [0.717, 1.165) is 5.69 Å². The minimum absolute atomic E-state index is 0.466. The highest BCUT2D eigenvalue weighted by atomic mass is 16.5. The second-order valence-electron chi connectivity index (χ2n) is 4.33. The Morgan fingerprint density at radius 1 is 1.15 bits per heavy atom. The van der Waals surface area contributed by atoms with Gasteiger partial charge < -0.3 is 9.84 Å². The molecule has 0 saturated carbocycles. The number of benzene rings is 1. The first-order valence-corrected chi connectivity index (χ1v) is 6.21. The van der Waals surface area contributed by atoms with Gasteiger partial charge in [0, 0.05) is 11.9 Å². The monoisotopic (exact) mass is 267 g/mol. The van der Waals surface area contributed by atoms with Crippen molar-refractivity contribution in [3.05, 3.63) is 54.3 Å². The zero-order valence-corrected chi connectivity index (χ0v) is 10.9. The summed E-state index contributed by atoms with van der Waals surface area (Å²) in [5.41, 5.74) is 2.88. The van der Waals surface area contributed by atoms with Crippen molar-refractivity contribution in [3.63, 3.8) is 0 Å². The fraction of sp³-hybridized carbons (Fsp3) is 0.143. The lowest BCUT2D eigenvalue weighted by Crippen LogP contribution is -1.99. The summed E-state index contributed by atoms with van der Waals surface area (Å²) in [4.78, 5) is 12.2. The predicted octanol–water partition coefficient (Wildman–Crippen LogP) is 2.45. The number of nitrogens with one attached hydrogen (secondary N) is 1. The third kappa shape index (κ3) is 2.80. The molecule has 1 aromatic carbocycles. The molecule has 0 aliphatic rings. The van der Waals surface area contributed by atoms with Gasteiger partial charge in [0.15, 0.2) is 0 Å². The molecule has 100 valence electrons. The Morgan fingerprint density at radius 3 is 2.75 bits per heavy atom. The topological polar surface area (TPSA) is 76.7 Å². The van der Waals surface area contributed by atoms with Crippen molar-refractivity contribution in [2.24, 2.45) is 0 Å². The van der Waals surface area contributed by atoms with Gasteiger partial charge in [-0.25, -0.2) is 9.97 Å². The van der Waals surface area contributed by atoms with Crippen molar-refractivity contribution in [1.82, 2.24) is 20.1 Å². The van der Waals surface area contributed by atoms with Gasteiger partial charge in [-0.2, -0.15) is 4.98 Å². The Kier molecular flexibility index (Phi) is 3.36. The maximum absolute atomic E-state index is 5.18. The molecule has 0 saturated heterocycles. The molecular weight excluding hydrogens is 254 g/mol. The van der Waals surface area contributed by atoms with Gasteiger partial charge in [-0.15, -0.1) is 0 Å². The first kappa shape index (κ1) is 12.3. The average molecular weight is 267 g/mol. The fourth-order valence-electron chi connectivity index (χ4n) is 1.70. The number of aryl methyl sites for hydroxylation is 1. The number of nitrogens with zero attached hydrogens (tertiary/aromatic N) is 4. The van der Waals surface area contributed by atoms with E-state index in [1.54, 1.807) is 12.3 Å². The number of hydrogen-bond donors (Lipinski definition) is 1. The normalized spacial score (nSPS) is 10.4. The van der Waals surface area contributed by atoms with Crippen molar-refractivity contribution in [2.45, 2.75) is 13.5 Å². The van der Waals surface area contributed by atoms with E-state index in [1.165, 1.54) is 11.9 Å². The molecule has 6 heteroatoms. The minimum atomic E-state index is 0.466. The number of rotatable bonds is 4. The molecule has 2 heterocycles. The predicted molar refractivity (Wildman–Crippen MR) is 73.8 cm³/mol. The van der Waals surface area contributed by atoms with Crippen LogP contribution in [0.25, 0.3) is 11.5 Å². The summed E-state index contributed by atoms with van der Waals surface area (Å²) in [6.07, 6.45) is 3.10. The van der Waals surface area contributed by atoms with E-state index in [2.05, 4.69) is 32.3 Å². The lowest BCUT2D eigenvalue weighted by molar-refractivity contribution is 0.384. The molecule has 0 spiro atoms. The molecule has 6 nitrogen and oxygen atoms in total. The van der Waals surface area contributed by atoms with Crippen LogP contribution in [0.2, 0.25) is 0 Å². The van der Waals surface area contributed by atoms with Crippen LogP contribution >= 0.6 is 0 Å². The van der Waals surface area contributed by atoms with Crippen LogP contribution in [-0.2, 0) is 6.54 Å². The lowest BCUT2D eigenvalue weighted by atomic mass is 10.2. The summed E-state index contributed by atoms with van der Waals surface area (Å²) in [5, 5.41) is 7.12. The summed E-state index contributed by atoms with van der Waals surface area (Å²) >= 11 is 0. The molecule has 3 aromatic rings. The molecule has 0 aliphatic carbocycles. The van der Waals surface area contributed by atoms with E-state index in [9.17, 15) is 0 Å². The van der Waals surface area contributed by atoms with Crippen molar-refractivity contribution in [1.29, 1.82) is 0 Å². The third-order valence-electron chi connectivity index (χ3n) is 2.77. The zero-order valence-electron chi connectivity index (χ0n) is 10.9. The summed E-state index contributed by atoms with van der Waals surface area (Å²) in [7, 11) is 0. The van der Waals surface area contributed by atoms with Gasteiger partial charge in [-0.3, -0.25) is 0 Å². The maximum Gasteiger partial charge on any atom is 0.246 e. The summed E-state index contributed by atoms with van der Waals surface area (Å²) in [6, 6.07) is 9.85. The molecule has 3 rings (SSSR count). The van der Waals surface area contributed by atoms with Crippen molar-refractivity contribution in [3.8, 4) is 11.5 Å². The Balaban J connectivity index is 1.67. The molecule has 0 fully saturated rings. The summed E-state index contributed by atoms with van der Waals surface area (Å²) < 4.78 is 5.18. The molecule has 0 unspecified atom stereocenters. The highest BCUT2D eigenvalue weighted by Gasteiger charge is 2.09. The van der Waals surface area contributed by atoms with E-state index in [4.69, 9.17) is 4.52 Å². The average Bonchev–Trinajstić information content (AvgIpc) is 2.97. The van der Waals surface area contributed by atoms with E-state index >= 15 is 0 Å². The van der Waals surface area contributed by atoms with E-state index < -0.39 is 0 Å². The molecule has 1 N–H and O–H groups in total. The molecule has 0 amide bonds. The van der Waals surface area contributed by atoms with Gasteiger partial charge in [0.1, 0.15) is 12.0 Å². The van der Waals surface area contributed by atoms with E-state index in [1.807, 2.05) is 24.3 Å². The summed E-state index contributed by atoms with van der Waals surface area (Å²) in [6.45, 7) is 2.52. The highest BCUT2D eigenvalue weighted by molar-refractivity contribution is 5.47. The first-order valence-electron chi connectivity index (χ1n) is 6.21. The van der Waals surface area contributed by atoms with Crippen LogP contribution in [0, 0.1) is 6.92 Å². The Hall–Kier alpha value is -2.76. The van der Waals surface area contributed by atoms with Gasteiger partial charge in [-0.05, 0) is 25.1 Å². The van der Waals surface area contributed by atoms with Crippen LogP contribution in [0.4, 0.5) is 5.69 Å². The third-order valence-corrected chi connectivity index (χ3v) is 2.77. The first-order chi connectivity index (χ1) is 9.81. The Morgan fingerprint density at radius 2 is 2.00 bits per heavy atom. The number of anilines is 1. The second-order valence-corrected chi connectivity index (χ2v) is 4.33. The molecule has 0 aliphatic heterocycles. The molecular formula is C14H13N5O. The molecule has 0 bridgehead atoms. The fourth-order valence-corrected chi connectivity index (χ4v) is 1.70. The smallest absolute Gasteiger partial charge is 0.246 e. The molecule has 20 heavy (non-hydrogen) atoms. The number of aromatic nitrogens is 4. The van der Waals surface area contributed by atoms with Crippen LogP contribution in [-0.4, -0.2) is 20.1 Å². The van der Waals surface area contributed by atoms with E-state index in [-0.39, 0.29) is 0 Å². The van der Waals surface area contributed by atoms with Crippen molar-refractivity contribution in [2.75, 3.05) is 5.32 Å². The van der Waals surface area contributed by atoms with Crippen LogP contribution in [0.5, 0.6) is 0 Å². The Bertz CT molecular complexity index is 678. The van der Waals surface area contributed by atoms with Gasteiger partial charge in [0.05, 0.1) is 6.54 Å². The van der Waals surface area contributed by atoms with Gasteiger partial charge >= 0.3 is 0 Å². The SMILES string of the molecule is Cc1ccc(NCc2nc(-c3ccncn3)no2)cc1. The van der Waals surface area contributed by atoms with Crippen LogP contribution in [0.1, 0.15) is 11.5 Å². The van der Waals surface area contributed by atoms with Gasteiger partial charge in [0.25, 0.3) is 0 Å². The summed E-state index contributed by atoms with van der Waals surface area (Å²) in [5.74, 6) is 0.979. The van der Waals surface area contributed by atoms with Crippen LogP contribution < -0.4 is 5.32 Å². The van der Waals surface area contributed by atoms with Crippen LogP contribution in [0.15, 0.2) is 47.4 Å². The minimum Gasteiger partial charge on any atom is -0.376 e. The van der Waals surface area contributed by atoms with Gasteiger partial charge in [0.2, 0.25) is 11.7 Å². The van der Waals surface area contributed by atoms with Crippen molar-refractivity contribution >= 4 is 5.69 Å². The van der Waals surface area contributed by atoms with Gasteiger partial charge in [-0.1, -0.05) is 22.9 Å². The lowest BCUT2D eigenvalue weighted by Gasteiger charge is -2.02. The molecule has 2 aromatic heterocycles. The largest absolute Gasteiger partial charge is 0.376 e. The van der Waals surface area contributed by atoms with Crippen LogP contribution in [0.3, 0.4) is 0 Å². The molecule has 0 atom stereocenters. The number of hydrogen-bond acceptors (Lipinski definition) is 6. The highest BCUT2D eigenvalue weighted by Crippen LogP contribution is 2.13. The zero-order chi connectivity index (χ0) is 13.8. The second kappa shape index (κ2) is 5.48. The van der Waals surface area contributed by atoms with Crippen molar-refractivity contribution < 1.29 is 4.52 Å². The quantitative estimate of drug-likeness (QED) is 0.782. The Labute approximate surface area is 115 Å². The standard InChI is InChI=1S/C14H13N5O/c1-10-2-4-11(5-3-10)16-8-13-18-14(19-20-13)12-6-7-15-9-17-12/h2-7,9,16H,8H2,1H3. The van der Waals surface area contributed by atoms with E-state index in [0.29, 0.717) is 24.0 Å². The maximum atomic E-state index is 5.18. The molecule has 0 radical (unpaired) electrons.